The van der Waals surface area contributed by atoms with Gasteiger partial charge in [0.1, 0.15) is 11.2 Å². The molecular weight excluding hydrogens is 340 g/mol. The van der Waals surface area contributed by atoms with Gasteiger partial charge in [-0.1, -0.05) is 48.5 Å². The Morgan fingerprint density at radius 3 is 2.25 bits per heavy atom. The predicted molar refractivity (Wildman–Crippen MR) is 117 cm³/mol. The van der Waals surface area contributed by atoms with Crippen LogP contribution in [0.5, 0.6) is 0 Å². The van der Waals surface area contributed by atoms with Crippen LogP contribution in [-0.2, 0) is 6.42 Å². The third kappa shape index (κ3) is 2.13. The SMILES string of the molecule is Cc1cc2c(cc1-c1cc3c(cc1C)oc1ccccc13)-c1ccccc1C2. The summed E-state index contributed by atoms with van der Waals surface area (Å²) in [6.45, 7) is 4.41. The van der Waals surface area contributed by atoms with E-state index in [1.165, 1.54) is 55.3 Å². The quantitative estimate of drug-likeness (QED) is 0.297. The molecule has 4 aromatic carbocycles. The van der Waals surface area contributed by atoms with E-state index in [2.05, 4.69) is 74.5 Å². The highest BCUT2D eigenvalue weighted by Gasteiger charge is 2.20. The largest absolute Gasteiger partial charge is 0.456 e. The zero-order chi connectivity index (χ0) is 18.8. The van der Waals surface area contributed by atoms with Crippen LogP contribution in [0.4, 0.5) is 0 Å². The standard InChI is InChI=1S/C27H20O/c1-16-11-19-13-18-7-3-4-8-20(18)24(19)14-22(16)23-15-25-21-9-5-6-10-26(21)28-27(25)12-17(23)2/h3-12,14-15H,13H2,1-2H3. The van der Waals surface area contributed by atoms with Crippen molar-refractivity contribution >= 4 is 21.9 Å². The van der Waals surface area contributed by atoms with Crippen molar-refractivity contribution in [3.8, 4) is 22.3 Å². The van der Waals surface area contributed by atoms with Gasteiger partial charge in [-0.15, -0.1) is 0 Å². The molecule has 0 fully saturated rings. The van der Waals surface area contributed by atoms with Crippen LogP contribution in [0.15, 0.2) is 77.2 Å². The van der Waals surface area contributed by atoms with E-state index in [4.69, 9.17) is 4.42 Å². The van der Waals surface area contributed by atoms with Gasteiger partial charge in [0.05, 0.1) is 0 Å². The fourth-order valence-electron chi connectivity index (χ4n) is 4.76. The molecule has 0 N–H and O–H groups in total. The summed E-state index contributed by atoms with van der Waals surface area (Å²) in [5.74, 6) is 0. The number of furan rings is 1. The van der Waals surface area contributed by atoms with Gasteiger partial charge in [0.25, 0.3) is 0 Å². The zero-order valence-corrected chi connectivity index (χ0v) is 16.0. The molecular formula is C27H20O. The Kier molecular flexibility index (Phi) is 3.14. The summed E-state index contributed by atoms with van der Waals surface area (Å²) in [6.07, 6.45) is 1.04. The summed E-state index contributed by atoms with van der Waals surface area (Å²) in [4.78, 5) is 0. The molecule has 28 heavy (non-hydrogen) atoms. The predicted octanol–water partition coefficient (Wildman–Crippen LogP) is 7.44. The van der Waals surface area contributed by atoms with E-state index >= 15 is 0 Å². The van der Waals surface area contributed by atoms with Gasteiger partial charge in [-0.05, 0) is 89.0 Å². The Hall–Kier alpha value is -3.32. The summed E-state index contributed by atoms with van der Waals surface area (Å²) < 4.78 is 6.07. The van der Waals surface area contributed by atoms with Crippen LogP contribution in [0.3, 0.4) is 0 Å². The Morgan fingerprint density at radius 2 is 1.32 bits per heavy atom. The molecule has 0 atom stereocenters. The molecule has 0 spiro atoms. The molecule has 1 aliphatic rings. The van der Waals surface area contributed by atoms with Crippen LogP contribution in [-0.4, -0.2) is 0 Å². The molecule has 1 heterocycles. The molecule has 0 radical (unpaired) electrons. The molecule has 0 bridgehead atoms. The van der Waals surface area contributed by atoms with Crippen LogP contribution in [0, 0.1) is 13.8 Å². The van der Waals surface area contributed by atoms with E-state index in [-0.39, 0.29) is 0 Å². The minimum atomic E-state index is 0.952. The Morgan fingerprint density at radius 1 is 0.571 bits per heavy atom. The van der Waals surface area contributed by atoms with Crippen LogP contribution < -0.4 is 0 Å². The lowest BCUT2D eigenvalue weighted by atomic mass is 9.91. The Bertz CT molecular complexity index is 1400. The molecule has 0 amide bonds. The third-order valence-corrected chi connectivity index (χ3v) is 6.15. The topological polar surface area (TPSA) is 13.1 Å². The average Bonchev–Trinajstić information content (AvgIpc) is 3.23. The third-order valence-electron chi connectivity index (χ3n) is 6.15. The van der Waals surface area contributed by atoms with Crippen LogP contribution in [0.25, 0.3) is 44.2 Å². The maximum atomic E-state index is 6.07. The summed E-state index contributed by atoms with van der Waals surface area (Å²) in [5.41, 5.74) is 12.8. The van der Waals surface area contributed by atoms with Gasteiger partial charge in [0.15, 0.2) is 0 Å². The molecule has 1 aliphatic carbocycles. The fraction of sp³-hybridized carbons (Fsp3) is 0.111. The summed E-state index contributed by atoms with van der Waals surface area (Å²) in [6, 6.07) is 26.3. The molecule has 1 nitrogen and oxygen atoms in total. The van der Waals surface area contributed by atoms with E-state index in [0.29, 0.717) is 0 Å². The lowest BCUT2D eigenvalue weighted by molar-refractivity contribution is 0.668. The van der Waals surface area contributed by atoms with Crippen molar-refractivity contribution in [3.63, 3.8) is 0 Å². The number of benzene rings is 4. The molecule has 1 heteroatoms. The van der Waals surface area contributed by atoms with Crippen molar-refractivity contribution in [2.24, 2.45) is 0 Å². The summed E-state index contributed by atoms with van der Waals surface area (Å²) in [5, 5.41) is 2.37. The highest BCUT2D eigenvalue weighted by molar-refractivity contribution is 6.07. The fourth-order valence-corrected chi connectivity index (χ4v) is 4.76. The number of para-hydroxylation sites is 1. The number of hydrogen-bond donors (Lipinski definition) is 0. The highest BCUT2D eigenvalue weighted by atomic mass is 16.3. The first-order chi connectivity index (χ1) is 13.7. The number of rotatable bonds is 1. The Balaban J connectivity index is 1.62. The van der Waals surface area contributed by atoms with E-state index in [1.807, 2.05) is 12.1 Å². The molecule has 1 aromatic heterocycles. The number of hydrogen-bond acceptors (Lipinski definition) is 1. The van der Waals surface area contributed by atoms with E-state index in [0.717, 1.165) is 17.6 Å². The van der Waals surface area contributed by atoms with Crippen LogP contribution in [0.1, 0.15) is 22.3 Å². The van der Waals surface area contributed by atoms with Gasteiger partial charge in [-0.3, -0.25) is 0 Å². The zero-order valence-electron chi connectivity index (χ0n) is 16.0. The van der Waals surface area contributed by atoms with E-state index < -0.39 is 0 Å². The maximum absolute atomic E-state index is 6.07. The van der Waals surface area contributed by atoms with Crippen molar-refractivity contribution in [2.75, 3.05) is 0 Å². The van der Waals surface area contributed by atoms with Gasteiger partial charge in [-0.25, -0.2) is 0 Å². The van der Waals surface area contributed by atoms with Crippen molar-refractivity contribution in [3.05, 3.63) is 95.1 Å². The maximum Gasteiger partial charge on any atom is 0.135 e. The van der Waals surface area contributed by atoms with Crippen molar-refractivity contribution < 1.29 is 4.42 Å². The molecule has 5 aromatic rings. The first kappa shape index (κ1) is 15.7. The lowest BCUT2D eigenvalue weighted by Gasteiger charge is -2.13. The first-order valence-electron chi connectivity index (χ1n) is 9.83. The minimum Gasteiger partial charge on any atom is -0.456 e. The first-order valence-corrected chi connectivity index (χ1v) is 9.83. The molecule has 134 valence electrons. The molecule has 0 unspecified atom stereocenters. The minimum absolute atomic E-state index is 0.952. The molecule has 0 saturated carbocycles. The monoisotopic (exact) mass is 360 g/mol. The van der Waals surface area contributed by atoms with E-state index in [1.54, 1.807) is 0 Å². The number of fused-ring (bicyclic) bond motifs is 6. The molecule has 0 aliphatic heterocycles. The lowest BCUT2D eigenvalue weighted by Crippen LogP contribution is -1.91. The van der Waals surface area contributed by atoms with Crippen molar-refractivity contribution in [2.45, 2.75) is 20.3 Å². The van der Waals surface area contributed by atoms with Crippen LogP contribution in [0.2, 0.25) is 0 Å². The van der Waals surface area contributed by atoms with Gasteiger partial charge < -0.3 is 4.42 Å². The molecule has 6 rings (SSSR count). The second-order valence-electron chi connectivity index (χ2n) is 7.92. The number of aryl methyl sites for hydroxylation is 2. The van der Waals surface area contributed by atoms with Crippen LogP contribution >= 0.6 is 0 Å². The van der Waals surface area contributed by atoms with Crippen molar-refractivity contribution in [1.29, 1.82) is 0 Å². The molecule has 0 saturated heterocycles. The van der Waals surface area contributed by atoms with Crippen molar-refractivity contribution in [1.82, 2.24) is 0 Å². The average molecular weight is 360 g/mol. The second kappa shape index (κ2) is 5.59. The van der Waals surface area contributed by atoms with E-state index in [9.17, 15) is 0 Å². The van der Waals surface area contributed by atoms with Gasteiger partial charge in [-0.2, -0.15) is 0 Å². The van der Waals surface area contributed by atoms with Gasteiger partial charge in [0.2, 0.25) is 0 Å². The summed E-state index contributed by atoms with van der Waals surface area (Å²) in [7, 11) is 0. The second-order valence-corrected chi connectivity index (χ2v) is 7.92. The van der Waals surface area contributed by atoms with Gasteiger partial charge >= 0.3 is 0 Å². The van der Waals surface area contributed by atoms with Gasteiger partial charge in [0, 0.05) is 10.8 Å². The highest BCUT2D eigenvalue weighted by Crippen LogP contribution is 2.42. The summed E-state index contributed by atoms with van der Waals surface area (Å²) >= 11 is 0. The Labute approximate surface area is 164 Å². The smallest absolute Gasteiger partial charge is 0.135 e. The normalized spacial score (nSPS) is 12.5.